The number of rotatable bonds is 9. The first-order valence-electron chi connectivity index (χ1n) is 14.2. The van der Waals surface area contributed by atoms with Crippen molar-refractivity contribution in [3.05, 3.63) is 35.1 Å². The third-order valence-electron chi connectivity index (χ3n) is 9.14. The number of aliphatic hydroxyl groups is 1. The Balaban J connectivity index is 1.34. The lowest BCUT2D eigenvalue weighted by atomic mass is 9.50. The number of benzene rings is 1. The van der Waals surface area contributed by atoms with E-state index in [0.29, 0.717) is 19.4 Å². The monoisotopic (exact) mass is 600 g/mol. The van der Waals surface area contributed by atoms with Crippen LogP contribution in [0.2, 0.25) is 0 Å². The number of carbonyl (C=O) groups excluding carboxylic acids is 5. The number of carbonyl (C=O) groups is 5. The van der Waals surface area contributed by atoms with Crippen LogP contribution in [0.1, 0.15) is 58.1 Å². The van der Waals surface area contributed by atoms with Gasteiger partial charge in [0.25, 0.3) is 5.91 Å². The first-order chi connectivity index (χ1) is 20.2. The predicted octanol–water partition coefficient (Wildman–Crippen LogP) is 0.560. The van der Waals surface area contributed by atoms with E-state index in [0.717, 1.165) is 18.1 Å². The van der Waals surface area contributed by atoms with Crippen LogP contribution in [-0.2, 0) is 50.0 Å². The third kappa shape index (κ3) is 4.93. The number of hydrogen-bond donors (Lipinski definition) is 3. The highest BCUT2D eigenvalue weighted by atomic mass is 16.6. The van der Waals surface area contributed by atoms with E-state index in [4.69, 9.17) is 18.9 Å². The molecule has 1 fully saturated rings. The summed E-state index contributed by atoms with van der Waals surface area (Å²) in [5.74, 6) is -3.72. The van der Waals surface area contributed by atoms with Crippen molar-refractivity contribution in [2.24, 2.45) is 0 Å². The van der Waals surface area contributed by atoms with Crippen molar-refractivity contribution in [3.8, 4) is 11.5 Å². The molecule has 2 heterocycles. The topological polar surface area (TPSA) is 178 Å². The number of nitrogens with one attached hydrogen (secondary N) is 1. The molecule has 43 heavy (non-hydrogen) atoms. The summed E-state index contributed by atoms with van der Waals surface area (Å²) in [6.45, 7) is 5.73. The number of piperidine rings is 1. The maximum atomic E-state index is 13.2. The molecular formula is C30H36N2O11. The molecule has 1 spiro atoms. The highest BCUT2D eigenvalue weighted by molar-refractivity contribution is 5.91. The quantitative estimate of drug-likeness (QED) is 0.265. The number of phenolic OH excluding ortho intramolecular Hbond substituents is 1. The molecule has 1 aromatic carbocycles. The lowest BCUT2D eigenvalue weighted by molar-refractivity contribution is -0.177. The molecule has 0 aromatic heterocycles. The number of aromatic hydroxyl groups is 1. The summed E-state index contributed by atoms with van der Waals surface area (Å²) in [6, 6.07) is 2.34. The van der Waals surface area contributed by atoms with Gasteiger partial charge >= 0.3 is 17.9 Å². The minimum absolute atomic E-state index is 0.0820. The molecule has 13 heteroatoms. The van der Waals surface area contributed by atoms with E-state index in [1.54, 1.807) is 12.1 Å². The van der Waals surface area contributed by atoms with Gasteiger partial charge in [-0.25, -0.2) is 4.79 Å². The number of hydrogen-bond acceptors (Lipinski definition) is 12. The van der Waals surface area contributed by atoms with Crippen LogP contribution in [0.15, 0.2) is 24.0 Å². The van der Waals surface area contributed by atoms with E-state index >= 15 is 0 Å². The first-order valence-corrected chi connectivity index (χ1v) is 14.2. The van der Waals surface area contributed by atoms with Crippen LogP contribution < -0.4 is 10.1 Å². The van der Waals surface area contributed by atoms with Gasteiger partial charge in [-0.3, -0.25) is 19.2 Å². The summed E-state index contributed by atoms with van der Waals surface area (Å²) in [4.78, 5) is 63.7. The highest BCUT2D eigenvalue weighted by Gasteiger charge is 2.72. The molecule has 232 valence electrons. The minimum atomic E-state index is -1.72. The fourth-order valence-corrected chi connectivity index (χ4v) is 6.87. The molecule has 4 aliphatic rings. The number of esters is 3. The average molecular weight is 601 g/mol. The molecule has 2 aliphatic carbocycles. The van der Waals surface area contributed by atoms with Crippen molar-refractivity contribution >= 4 is 29.6 Å². The largest absolute Gasteiger partial charge is 0.504 e. The molecule has 7 atom stereocenters. The van der Waals surface area contributed by atoms with Crippen LogP contribution >= 0.6 is 0 Å². The van der Waals surface area contributed by atoms with Gasteiger partial charge in [0, 0.05) is 24.9 Å². The van der Waals surface area contributed by atoms with Crippen LogP contribution in [0.25, 0.3) is 0 Å². The minimum Gasteiger partial charge on any atom is -0.504 e. The van der Waals surface area contributed by atoms with Crippen molar-refractivity contribution in [1.29, 1.82) is 0 Å². The van der Waals surface area contributed by atoms with Crippen molar-refractivity contribution < 1.29 is 53.1 Å². The molecule has 2 bridgehead atoms. The molecule has 3 N–H and O–H groups in total. The van der Waals surface area contributed by atoms with Gasteiger partial charge in [0.05, 0.1) is 23.5 Å². The standard InChI is InChI=1S/C30H36N2O11/c1-14(15(2)33)31-27(37)16(3)40-28(38)21(41-17(4)34)13-23(36)42-20-8-9-30(39)22-12-18-6-7-19(35)25-24(18)29(30,26(20)43-25)10-11-32(22)5/h6-8,14,16,21-22,26,35,39H,9-13H2,1-5H3,(H,31,37)/t14-,16-,21-,22+,26-,29-,30+/m0/s1. The number of ketones is 1. The van der Waals surface area contributed by atoms with Gasteiger partial charge in [0.2, 0.25) is 6.10 Å². The van der Waals surface area contributed by atoms with E-state index in [1.807, 2.05) is 13.1 Å². The summed E-state index contributed by atoms with van der Waals surface area (Å²) >= 11 is 0. The Morgan fingerprint density at radius 2 is 1.88 bits per heavy atom. The van der Waals surface area contributed by atoms with E-state index < -0.39 is 65.6 Å². The molecule has 0 saturated carbocycles. The van der Waals surface area contributed by atoms with Crippen LogP contribution in [-0.4, -0.2) is 94.3 Å². The third-order valence-corrected chi connectivity index (χ3v) is 9.14. The van der Waals surface area contributed by atoms with Gasteiger partial charge < -0.3 is 39.4 Å². The average Bonchev–Trinajstić information content (AvgIpc) is 3.29. The van der Waals surface area contributed by atoms with Gasteiger partial charge in [-0.1, -0.05) is 6.07 Å². The van der Waals surface area contributed by atoms with Gasteiger partial charge in [-0.15, -0.1) is 0 Å². The van der Waals surface area contributed by atoms with Crippen molar-refractivity contribution in [2.75, 3.05) is 13.6 Å². The van der Waals surface area contributed by atoms with E-state index in [9.17, 15) is 34.2 Å². The van der Waals surface area contributed by atoms with Crippen molar-refractivity contribution in [2.45, 2.75) is 94.8 Å². The number of likely N-dealkylation sites (N-methyl/N-ethyl adjacent to an activating group) is 1. The summed E-state index contributed by atoms with van der Waals surface area (Å²) in [5.41, 5.74) is -0.575. The molecule has 1 aromatic rings. The van der Waals surface area contributed by atoms with E-state index in [-0.39, 0.29) is 35.5 Å². The van der Waals surface area contributed by atoms with Gasteiger partial charge in [0.15, 0.2) is 29.5 Å². The second-order valence-corrected chi connectivity index (χ2v) is 11.8. The van der Waals surface area contributed by atoms with Gasteiger partial charge in [0.1, 0.15) is 5.76 Å². The second kappa shape index (κ2) is 10.9. The Bertz CT molecular complexity index is 1420. The normalized spacial score (nSPS) is 28.7. The Kier molecular flexibility index (Phi) is 7.76. The van der Waals surface area contributed by atoms with Gasteiger partial charge in [-0.2, -0.15) is 0 Å². The molecule has 0 radical (unpaired) electrons. The van der Waals surface area contributed by atoms with Crippen LogP contribution in [0.4, 0.5) is 0 Å². The summed E-state index contributed by atoms with van der Waals surface area (Å²) in [5, 5.41) is 25.3. The van der Waals surface area contributed by atoms with Crippen molar-refractivity contribution in [1.82, 2.24) is 10.2 Å². The number of amides is 1. The SMILES string of the molecule is CC(=O)O[C@@H](CC(=O)OC1=CC[C@@]2(O)[C@H]3Cc4ccc(O)c5c4[C@@]2(CCN3C)[C@H]1O5)C(=O)O[C@@H](C)C(=O)N[C@@H](C)C(C)=O. The van der Waals surface area contributed by atoms with Crippen LogP contribution in [0.5, 0.6) is 11.5 Å². The first kappa shape index (κ1) is 30.5. The second-order valence-electron chi connectivity index (χ2n) is 11.8. The molecule has 5 rings (SSSR count). The van der Waals surface area contributed by atoms with Crippen LogP contribution in [0, 0.1) is 0 Å². The molecule has 0 unspecified atom stereocenters. The summed E-state index contributed by atoms with van der Waals surface area (Å²) in [7, 11) is 1.95. The Morgan fingerprint density at radius 3 is 2.56 bits per heavy atom. The maximum Gasteiger partial charge on any atom is 0.348 e. The van der Waals surface area contributed by atoms with Crippen LogP contribution in [0.3, 0.4) is 0 Å². The number of Topliss-reactive ketones (excluding diaryl/α,β-unsaturated/α-hetero) is 1. The fraction of sp³-hybridized carbons (Fsp3) is 0.567. The fourth-order valence-electron chi connectivity index (χ4n) is 6.87. The zero-order valence-electron chi connectivity index (χ0n) is 24.7. The number of phenols is 1. The highest BCUT2D eigenvalue weighted by Crippen LogP contribution is 2.65. The number of ether oxygens (including phenoxy) is 4. The smallest absolute Gasteiger partial charge is 0.348 e. The predicted molar refractivity (Wildman–Crippen MR) is 147 cm³/mol. The summed E-state index contributed by atoms with van der Waals surface area (Å²) in [6.07, 6.45) is -1.95. The molecule has 1 amide bonds. The lowest BCUT2D eigenvalue weighted by Gasteiger charge is -2.61. The number of nitrogens with zero attached hydrogens (tertiary/aromatic N) is 1. The van der Waals surface area contributed by atoms with E-state index in [2.05, 4.69) is 10.2 Å². The Morgan fingerprint density at radius 1 is 1.16 bits per heavy atom. The molecule has 1 saturated heterocycles. The van der Waals surface area contributed by atoms with Crippen molar-refractivity contribution in [3.63, 3.8) is 0 Å². The van der Waals surface area contributed by atoms with E-state index in [1.165, 1.54) is 20.8 Å². The zero-order valence-corrected chi connectivity index (χ0v) is 24.7. The number of likely N-dealkylation sites (tertiary alicyclic amines) is 1. The Hall–Kier alpha value is -3.97. The van der Waals surface area contributed by atoms with Gasteiger partial charge in [-0.05, 0) is 64.9 Å². The molecular weight excluding hydrogens is 564 g/mol. The summed E-state index contributed by atoms with van der Waals surface area (Å²) < 4.78 is 22.1. The molecule has 13 nitrogen and oxygen atoms in total. The molecule has 2 aliphatic heterocycles. The maximum absolute atomic E-state index is 13.2. The zero-order chi connectivity index (χ0) is 31.4. The Labute approximate surface area is 248 Å². The lowest BCUT2D eigenvalue weighted by Crippen LogP contribution is -2.74.